The number of hydrogen-bond acceptors (Lipinski definition) is 3. The average molecular weight is 348 g/mol. The lowest BCUT2D eigenvalue weighted by Gasteiger charge is -2.30. The van der Waals surface area contributed by atoms with Crippen molar-refractivity contribution in [1.29, 1.82) is 5.26 Å². The van der Waals surface area contributed by atoms with Crippen LogP contribution in [0.3, 0.4) is 0 Å². The lowest BCUT2D eigenvalue weighted by atomic mass is 9.83. The largest absolute Gasteiger partial charge is 0.354 e. The van der Waals surface area contributed by atoms with Crippen molar-refractivity contribution in [3.63, 3.8) is 0 Å². The van der Waals surface area contributed by atoms with Crippen LogP contribution in [0.5, 0.6) is 0 Å². The molecule has 1 heterocycles. The maximum atomic E-state index is 9.37. The number of aliphatic imine (C=N–C) groups is 1. The molecule has 0 saturated carbocycles. The number of allylic oxidation sites excluding steroid dienone is 4. The minimum atomic E-state index is 0.688. The molecule has 2 rings (SSSR count). The van der Waals surface area contributed by atoms with E-state index >= 15 is 0 Å². The lowest BCUT2D eigenvalue weighted by Crippen LogP contribution is -2.17. The molecular weight excluding hydrogens is 318 g/mol. The van der Waals surface area contributed by atoms with Gasteiger partial charge in [0, 0.05) is 34.4 Å². The Kier molecular flexibility index (Phi) is 6.58. The van der Waals surface area contributed by atoms with Crippen LogP contribution in [0, 0.1) is 18.3 Å². The van der Waals surface area contributed by atoms with Gasteiger partial charge in [0.05, 0.1) is 11.6 Å². The molecule has 1 aromatic carbocycles. The number of unbranched alkanes of at least 4 members (excludes halogenated alkanes) is 1. The van der Waals surface area contributed by atoms with Crippen LogP contribution in [0.15, 0.2) is 45.7 Å². The monoisotopic (exact) mass is 347 g/mol. The molecule has 0 aliphatic carbocycles. The highest BCUT2D eigenvalue weighted by Crippen LogP contribution is 2.44. The molecule has 0 fully saturated rings. The first-order valence-electron chi connectivity index (χ1n) is 9.40. The summed E-state index contributed by atoms with van der Waals surface area (Å²) in [6.07, 6.45) is 7.24. The summed E-state index contributed by atoms with van der Waals surface area (Å²) >= 11 is 0. The van der Waals surface area contributed by atoms with E-state index in [9.17, 15) is 5.26 Å². The predicted octanol–water partition coefficient (Wildman–Crippen LogP) is 6.52. The molecule has 1 aliphatic heterocycles. The highest BCUT2D eigenvalue weighted by atomic mass is 14.9. The van der Waals surface area contributed by atoms with Gasteiger partial charge in [0.1, 0.15) is 0 Å². The molecule has 0 unspecified atom stereocenters. The Balaban J connectivity index is 2.90. The van der Waals surface area contributed by atoms with E-state index in [2.05, 4.69) is 57.1 Å². The summed E-state index contributed by atoms with van der Waals surface area (Å²) in [4.78, 5) is 4.60. The Morgan fingerprint density at radius 2 is 2.00 bits per heavy atom. The van der Waals surface area contributed by atoms with Gasteiger partial charge in [-0.3, -0.25) is 4.99 Å². The quantitative estimate of drug-likeness (QED) is 0.630. The maximum absolute atomic E-state index is 9.37. The van der Waals surface area contributed by atoms with Crippen LogP contribution >= 0.6 is 0 Å². The van der Waals surface area contributed by atoms with Gasteiger partial charge in [-0.15, -0.1) is 0 Å². The molecule has 1 aromatic rings. The molecule has 0 aromatic heterocycles. The number of nitriles is 1. The summed E-state index contributed by atoms with van der Waals surface area (Å²) in [5, 5.41) is 13.0. The second-order valence-electron chi connectivity index (χ2n) is 6.72. The molecule has 3 heteroatoms. The van der Waals surface area contributed by atoms with Crippen molar-refractivity contribution in [2.24, 2.45) is 4.99 Å². The van der Waals surface area contributed by atoms with Gasteiger partial charge < -0.3 is 5.32 Å². The van der Waals surface area contributed by atoms with Crippen molar-refractivity contribution < 1.29 is 0 Å². The zero-order chi connectivity index (χ0) is 19.3. The second-order valence-corrected chi connectivity index (χ2v) is 6.72. The molecule has 1 N–H and O–H groups in total. The third-order valence-electron chi connectivity index (χ3n) is 4.79. The van der Waals surface area contributed by atoms with Crippen LogP contribution in [0.2, 0.25) is 0 Å². The predicted molar refractivity (Wildman–Crippen MR) is 112 cm³/mol. The highest BCUT2D eigenvalue weighted by Gasteiger charge is 2.27. The number of aryl methyl sites for hydroxylation is 1. The second kappa shape index (κ2) is 8.67. The molecule has 0 radical (unpaired) electrons. The van der Waals surface area contributed by atoms with E-state index in [1.54, 1.807) is 0 Å². The maximum Gasteiger partial charge on any atom is 0.0992 e. The van der Waals surface area contributed by atoms with Crippen LogP contribution in [0.1, 0.15) is 70.6 Å². The Bertz CT molecular complexity index is 858. The van der Waals surface area contributed by atoms with Crippen LogP contribution < -0.4 is 5.32 Å². The minimum Gasteiger partial charge on any atom is -0.354 e. The Morgan fingerprint density at radius 1 is 1.27 bits per heavy atom. The van der Waals surface area contributed by atoms with Gasteiger partial charge in [-0.25, -0.2) is 0 Å². The topological polar surface area (TPSA) is 48.2 Å². The lowest BCUT2D eigenvalue weighted by molar-refractivity contribution is 0.957. The molecule has 136 valence electrons. The zero-order valence-electron chi connectivity index (χ0n) is 16.8. The van der Waals surface area contributed by atoms with Crippen LogP contribution in [0.4, 0.5) is 5.69 Å². The molecule has 0 amide bonds. The van der Waals surface area contributed by atoms with E-state index in [1.165, 1.54) is 22.3 Å². The Morgan fingerprint density at radius 3 is 2.58 bits per heavy atom. The molecular formula is C23H29N3. The fourth-order valence-corrected chi connectivity index (χ4v) is 3.39. The number of hydrogen-bond donors (Lipinski definition) is 1. The first kappa shape index (κ1) is 19.7. The summed E-state index contributed by atoms with van der Waals surface area (Å²) in [5.41, 5.74) is 9.85. The number of fused-ring (bicyclic) bond motifs is 1. The smallest absolute Gasteiger partial charge is 0.0992 e. The number of benzene rings is 1. The normalized spacial score (nSPS) is 19.2. The van der Waals surface area contributed by atoms with Gasteiger partial charge >= 0.3 is 0 Å². The number of nitrogens with zero attached hydrogens (tertiary/aromatic N) is 2. The number of nitrogens with one attached hydrogen (secondary N) is 1. The summed E-state index contributed by atoms with van der Waals surface area (Å²) in [7, 11) is 0. The Labute approximate surface area is 157 Å². The summed E-state index contributed by atoms with van der Waals surface area (Å²) in [5.74, 6) is 0. The van der Waals surface area contributed by atoms with Gasteiger partial charge in [-0.2, -0.15) is 5.26 Å². The SMILES string of the molecule is CC=N/C(C)=C1C(=C\CCC)/c2c(C)cc(C#N)cc2NC/1=C(/C)CC. The minimum absolute atomic E-state index is 0.688. The third kappa shape index (κ3) is 3.80. The molecule has 26 heavy (non-hydrogen) atoms. The van der Waals surface area contributed by atoms with Gasteiger partial charge in [0.25, 0.3) is 0 Å². The fourth-order valence-electron chi connectivity index (χ4n) is 3.39. The fraction of sp³-hybridized carbons (Fsp3) is 0.391. The van der Waals surface area contributed by atoms with Crippen LogP contribution in [-0.2, 0) is 0 Å². The summed E-state index contributed by atoms with van der Waals surface area (Å²) in [6, 6.07) is 6.21. The standard InChI is InChI=1S/C23H29N3/c1-7-10-11-19-21-16(5)12-18(14-24)13-20(21)26-23(15(4)8-2)22(19)17(6)25-9-3/h9,11-13,26H,7-8,10H2,1-6H3/b19-11-,22-17-,23-15-,25-9?. The van der Waals surface area contributed by atoms with E-state index in [-0.39, 0.29) is 0 Å². The molecule has 0 bridgehead atoms. The van der Waals surface area contributed by atoms with Gasteiger partial charge in [-0.1, -0.05) is 26.3 Å². The van der Waals surface area contributed by atoms with Crippen molar-refractivity contribution in [1.82, 2.24) is 0 Å². The van der Waals surface area contributed by atoms with Crippen molar-refractivity contribution >= 4 is 17.5 Å². The molecule has 0 saturated heterocycles. The number of anilines is 1. The van der Waals surface area contributed by atoms with E-state index < -0.39 is 0 Å². The van der Waals surface area contributed by atoms with Crippen molar-refractivity contribution in [3.05, 3.63) is 57.4 Å². The molecule has 1 aliphatic rings. The van der Waals surface area contributed by atoms with E-state index in [1.807, 2.05) is 25.3 Å². The molecule has 0 spiro atoms. The van der Waals surface area contributed by atoms with Crippen molar-refractivity contribution in [2.75, 3.05) is 5.32 Å². The van der Waals surface area contributed by atoms with Gasteiger partial charge in [0.2, 0.25) is 0 Å². The first-order valence-corrected chi connectivity index (χ1v) is 9.40. The Hall–Kier alpha value is -2.60. The molecule has 0 atom stereocenters. The van der Waals surface area contributed by atoms with Crippen LogP contribution in [-0.4, -0.2) is 6.21 Å². The van der Waals surface area contributed by atoms with Crippen molar-refractivity contribution in [3.8, 4) is 6.07 Å². The number of rotatable bonds is 4. The third-order valence-corrected chi connectivity index (χ3v) is 4.79. The van der Waals surface area contributed by atoms with Crippen molar-refractivity contribution in [2.45, 2.75) is 60.8 Å². The van der Waals surface area contributed by atoms with Gasteiger partial charge in [-0.05, 0) is 69.4 Å². The highest BCUT2D eigenvalue weighted by molar-refractivity contribution is 5.97. The average Bonchev–Trinajstić information content (AvgIpc) is 2.64. The zero-order valence-corrected chi connectivity index (χ0v) is 16.8. The van der Waals surface area contributed by atoms with E-state index in [0.717, 1.165) is 41.9 Å². The molecule has 3 nitrogen and oxygen atoms in total. The van der Waals surface area contributed by atoms with E-state index in [0.29, 0.717) is 5.56 Å². The summed E-state index contributed by atoms with van der Waals surface area (Å²) in [6.45, 7) is 12.6. The first-order chi connectivity index (χ1) is 12.5. The summed E-state index contributed by atoms with van der Waals surface area (Å²) < 4.78 is 0. The van der Waals surface area contributed by atoms with E-state index in [4.69, 9.17) is 0 Å². The van der Waals surface area contributed by atoms with Gasteiger partial charge in [0.15, 0.2) is 0 Å². The van der Waals surface area contributed by atoms with Crippen LogP contribution in [0.25, 0.3) is 5.57 Å².